The Morgan fingerprint density at radius 1 is 0.870 bits per heavy atom. The lowest BCUT2D eigenvalue weighted by molar-refractivity contribution is -0.185. The van der Waals surface area contributed by atoms with E-state index in [9.17, 15) is 19.2 Å². The zero-order valence-electron chi connectivity index (χ0n) is 27.7. The number of rotatable bonds is 12. The van der Waals surface area contributed by atoms with Gasteiger partial charge in [0.25, 0.3) is 5.91 Å². The van der Waals surface area contributed by atoms with E-state index in [-0.39, 0.29) is 47.7 Å². The van der Waals surface area contributed by atoms with Gasteiger partial charge in [0.05, 0.1) is 18.1 Å². The average molecular weight is 631 g/mol. The first-order valence-electron chi connectivity index (χ1n) is 16.4. The summed E-state index contributed by atoms with van der Waals surface area (Å²) in [7, 11) is -0.554. The third-order valence-electron chi connectivity index (χ3n) is 10.2. The van der Waals surface area contributed by atoms with Gasteiger partial charge in [-0.2, -0.15) is 0 Å². The van der Waals surface area contributed by atoms with Gasteiger partial charge in [0, 0.05) is 12.0 Å². The Hall–Kier alpha value is -3.70. The van der Waals surface area contributed by atoms with Crippen molar-refractivity contribution >= 4 is 30.7 Å². The summed E-state index contributed by atoms with van der Waals surface area (Å²) in [5, 5.41) is 11.3. The average Bonchev–Trinajstić information content (AvgIpc) is 3.38. The van der Waals surface area contributed by atoms with Crippen molar-refractivity contribution in [3.8, 4) is 0 Å². The maximum atomic E-state index is 13.6. The monoisotopic (exact) mass is 630 g/mol. The van der Waals surface area contributed by atoms with Crippen molar-refractivity contribution in [3.63, 3.8) is 0 Å². The van der Waals surface area contributed by atoms with Crippen molar-refractivity contribution in [1.82, 2.24) is 21.3 Å². The van der Waals surface area contributed by atoms with Crippen LogP contribution >= 0.6 is 0 Å². The highest BCUT2D eigenvalue weighted by molar-refractivity contribution is 6.46. The molecule has 3 saturated carbocycles. The molecule has 7 unspecified atom stereocenters. The van der Waals surface area contributed by atoms with E-state index in [0.29, 0.717) is 17.4 Å². The molecule has 4 fully saturated rings. The maximum absolute atomic E-state index is 13.6. The predicted octanol–water partition coefficient (Wildman–Crippen LogP) is 3.06. The summed E-state index contributed by atoms with van der Waals surface area (Å²) in [6.45, 7) is 11.9. The minimum absolute atomic E-state index is 0.000950. The molecule has 10 nitrogen and oxygen atoms in total. The smallest absolute Gasteiger partial charge is 0.404 e. The van der Waals surface area contributed by atoms with Crippen molar-refractivity contribution in [2.45, 2.75) is 90.6 Å². The molecule has 7 atom stereocenters. The first kappa shape index (κ1) is 33.7. The topological polar surface area (TPSA) is 135 Å². The van der Waals surface area contributed by atoms with Gasteiger partial charge in [0.2, 0.25) is 17.7 Å². The first-order chi connectivity index (χ1) is 21.8. The summed E-state index contributed by atoms with van der Waals surface area (Å²) in [4.78, 5) is 53.0. The molecule has 0 aromatic heterocycles. The van der Waals surface area contributed by atoms with Gasteiger partial charge in [0.15, 0.2) is 0 Å². The minimum atomic E-state index is -0.987. The highest BCUT2D eigenvalue weighted by Gasteiger charge is 2.66. The lowest BCUT2D eigenvalue weighted by Crippen LogP contribution is -2.63. The van der Waals surface area contributed by atoms with E-state index in [0.717, 1.165) is 18.4 Å². The van der Waals surface area contributed by atoms with Crippen molar-refractivity contribution in [2.75, 3.05) is 6.44 Å². The maximum Gasteiger partial charge on any atom is 0.478 e. The van der Waals surface area contributed by atoms with Gasteiger partial charge in [0.1, 0.15) is 18.1 Å². The Morgan fingerprint density at radius 2 is 1.52 bits per heavy atom. The molecule has 2 aromatic rings. The van der Waals surface area contributed by atoms with E-state index >= 15 is 0 Å². The van der Waals surface area contributed by atoms with Crippen LogP contribution in [0.1, 0.15) is 70.3 Å². The van der Waals surface area contributed by atoms with E-state index < -0.39 is 37.1 Å². The van der Waals surface area contributed by atoms with Crippen LogP contribution in [0.4, 0.5) is 0 Å². The van der Waals surface area contributed by atoms with Gasteiger partial charge in [-0.3, -0.25) is 19.2 Å². The number of carbonyl (C=O) groups is 4. The van der Waals surface area contributed by atoms with Gasteiger partial charge in [-0.05, 0) is 67.6 Å². The molecule has 11 heteroatoms. The number of hydrogen-bond acceptors (Lipinski definition) is 6. The van der Waals surface area contributed by atoms with Crippen molar-refractivity contribution < 1.29 is 28.5 Å². The second-order valence-electron chi connectivity index (χ2n) is 14.3. The molecule has 2 aromatic carbocycles. The summed E-state index contributed by atoms with van der Waals surface area (Å²) in [6.07, 6.45) is 2.47. The second-order valence-corrected chi connectivity index (χ2v) is 14.3. The van der Waals surface area contributed by atoms with Crippen LogP contribution in [-0.2, 0) is 30.1 Å². The zero-order valence-corrected chi connectivity index (χ0v) is 27.7. The summed E-state index contributed by atoms with van der Waals surface area (Å²) >= 11 is 0. The SMILES string of the molecule is CC(NC(=O)C(Cc1ccccc1)NC(=O)C(NC(=O)c1ccccc1)C(C)C)C(=O)NCB1OC2C3CC(CC2(C)O1)C3(C)C. The number of carbonyl (C=O) groups excluding carboxylic acids is 4. The fourth-order valence-corrected chi connectivity index (χ4v) is 7.27. The highest BCUT2D eigenvalue weighted by Crippen LogP contribution is 2.64. The summed E-state index contributed by atoms with van der Waals surface area (Å²) in [5.41, 5.74) is 1.15. The van der Waals surface area contributed by atoms with E-state index in [4.69, 9.17) is 9.31 Å². The normalized spacial score (nSPS) is 26.2. The zero-order chi connectivity index (χ0) is 33.2. The number of benzene rings is 2. The lowest BCUT2D eigenvalue weighted by atomic mass is 9.45. The first-order valence-corrected chi connectivity index (χ1v) is 16.4. The molecule has 0 radical (unpaired) electrons. The molecule has 6 rings (SSSR count). The fourth-order valence-electron chi connectivity index (χ4n) is 7.27. The molecule has 46 heavy (non-hydrogen) atoms. The third kappa shape index (κ3) is 7.15. The Kier molecular flexibility index (Phi) is 9.93. The van der Waals surface area contributed by atoms with Crippen molar-refractivity contribution in [3.05, 3.63) is 71.8 Å². The van der Waals surface area contributed by atoms with Crippen LogP contribution < -0.4 is 21.3 Å². The highest BCUT2D eigenvalue weighted by atomic mass is 16.7. The molecular formula is C35H47BN4O6. The van der Waals surface area contributed by atoms with Crippen LogP contribution in [0.5, 0.6) is 0 Å². The van der Waals surface area contributed by atoms with E-state index in [1.54, 1.807) is 31.2 Å². The molecule has 4 N–H and O–H groups in total. The quantitative estimate of drug-likeness (QED) is 0.267. The largest absolute Gasteiger partial charge is 0.478 e. The summed E-state index contributed by atoms with van der Waals surface area (Å²) in [5.74, 6) is -0.955. The Morgan fingerprint density at radius 3 is 2.15 bits per heavy atom. The molecule has 4 amide bonds. The van der Waals surface area contributed by atoms with Crippen LogP contribution in [0.15, 0.2) is 60.7 Å². The minimum Gasteiger partial charge on any atom is -0.404 e. The number of nitrogens with one attached hydrogen (secondary N) is 4. The molecule has 3 aliphatic carbocycles. The Balaban J connectivity index is 1.19. The van der Waals surface area contributed by atoms with Crippen molar-refractivity contribution in [1.29, 1.82) is 0 Å². The Bertz CT molecular complexity index is 1420. The van der Waals surface area contributed by atoms with E-state index in [2.05, 4.69) is 42.0 Å². The molecule has 4 aliphatic rings. The molecule has 246 valence electrons. The van der Waals surface area contributed by atoms with E-state index in [1.807, 2.05) is 50.2 Å². The van der Waals surface area contributed by atoms with Gasteiger partial charge in [-0.25, -0.2) is 0 Å². The summed E-state index contributed by atoms with van der Waals surface area (Å²) in [6, 6.07) is 15.2. The summed E-state index contributed by atoms with van der Waals surface area (Å²) < 4.78 is 12.6. The van der Waals surface area contributed by atoms with E-state index in [1.165, 1.54) is 0 Å². The van der Waals surface area contributed by atoms with Gasteiger partial charge < -0.3 is 30.6 Å². The van der Waals surface area contributed by atoms with Gasteiger partial charge in [-0.15, -0.1) is 0 Å². The van der Waals surface area contributed by atoms with Crippen LogP contribution in [0.25, 0.3) is 0 Å². The molecule has 0 spiro atoms. The lowest BCUT2D eigenvalue weighted by Gasteiger charge is -2.63. The molecule has 1 heterocycles. The number of amides is 4. The van der Waals surface area contributed by atoms with Crippen LogP contribution in [0.2, 0.25) is 0 Å². The Labute approximate surface area is 272 Å². The molecular weight excluding hydrogens is 583 g/mol. The van der Waals surface area contributed by atoms with Crippen LogP contribution in [0, 0.1) is 23.2 Å². The molecule has 1 aliphatic heterocycles. The van der Waals surface area contributed by atoms with Gasteiger partial charge in [-0.1, -0.05) is 76.2 Å². The second kappa shape index (κ2) is 13.6. The fraction of sp³-hybridized carbons (Fsp3) is 0.543. The van der Waals surface area contributed by atoms with Gasteiger partial charge >= 0.3 is 7.12 Å². The van der Waals surface area contributed by atoms with Crippen molar-refractivity contribution in [2.24, 2.45) is 23.2 Å². The molecule has 1 saturated heterocycles. The van der Waals surface area contributed by atoms with Crippen LogP contribution in [0.3, 0.4) is 0 Å². The standard InChI is InChI=1S/C35H47BN4O6/c1-21(2)28(40-31(42)24-15-11-8-12-16-24)33(44)39-27(17-23-13-9-7-10-14-23)32(43)38-22(3)30(41)37-20-36-45-29-26-18-25(34(26,4)5)19-35(29,6)46-36/h7-16,21-22,25-29H,17-20H2,1-6H3,(H,37,41)(H,38,43)(H,39,44)(H,40,42). The number of hydrogen-bond donors (Lipinski definition) is 4. The third-order valence-corrected chi connectivity index (χ3v) is 10.2. The van der Waals surface area contributed by atoms with Crippen LogP contribution in [-0.4, -0.2) is 67.0 Å². The molecule has 2 bridgehead atoms. The predicted molar refractivity (Wildman–Crippen MR) is 175 cm³/mol.